The van der Waals surface area contributed by atoms with E-state index in [2.05, 4.69) is 65.4 Å². The predicted molar refractivity (Wildman–Crippen MR) is 147 cm³/mol. The van der Waals surface area contributed by atoms with Crippen molar-refractivity contribution < 1.29 is 9.72 Å². The molecule has 1 amide bonds. The number of benzene rings is 3. The van der Waals surface area contributed by atoms with Crippen LogP contribution >= 0.6 is 11.8 Å². The van der Waals surface area contributed by atoms with Crippen molar-refractivity contribution in [1.82, 2.24) is 9.80 Å². The molecule has 0 radical (unpaired) electrons. The predicted octanol–water partition coefficient (Wildman–Crippen LogP) is 5.25. The van der Waals surface area contributed by atoms with E-state index in [9.17, 15) is 14.9 Å². The maximum absolute atomic E-state index is 12.9. The van der Waals surface area contributed by atoms with E-state index in [1.54, 1.807) is 12.1 Å². The first-order valence-electron chi connectivity index (χ1n) is 12.8. The molecule has 8 heteroatoms. The highest BCUT2D eigenvalue weighted by molar-refractivity contribution is 7.99. The van der Waals surface area contributed by atoms with Crippen LogP contribution in [0, 0.1) is 10.1 Å². The van der Waals surface area contributed by atoms with E-state index < -0.39 is 0 Å². The third kappa shape index (κ3) is 5.81. The second-order valence-electron chi connectivity index (χ2n) is 9.71. The van der Waals surface area contributed by atoms with Crippen molar-refractivity contribution in [3.8, 4) is 0 Å². The van der Waals surface area contributed by atoms with Gasteiger partial charge in [0.05, 0.1) is 4.92 Å². The number of rotatable bonds is 8. The molecule has 192 valence electrons. The first kappa shape index (κ1) is 25.3. The summed E-state index contributed by atoms with van der Waals surface area (Å²) in [6, 6.07) is 24.1. The van der Waals surface area contributed by atoms with Crippen molar-refractivity contribution >= 4 is 29.0 Å². The van der Waals surface area contributed by atoms with Crippen molar-refractivity contribution in [3.63, 3.8) is 0 Å². The van der Waals surface area contributed by atoms with Crippen molar-refractivity contribution in [3.05, 3.63) is 94.0 Å². The summed E-state index contributed by atoms with van der Waals surface area (Å²) < 4.78 is 0. The Morgan fingerprint density at radius 1 is 0.919 bits per heavy atom. The smallest absolute Gasteiger partial charge is 0.269 e. The topological polar surface area (TPSA) is 69.9 Å². The number of non-ortho nitro benzene ring substituents is 1. The summed E-state index contributed by atoms with van der Waals surface area (Å²) in [4.78, 5) is 32.5. The van der Waals surface area contributed by atoms with Crippen molar-refractivity contribution in [2.45, 2.75) is 28.6 Å². The van der Waals surface area contributed by atoms with Crippen LogP contribution in [0.5, 0.6) is 0 Å². The number of nitro benzene ring substituents is 1. The van der Waals surface area contributed by atoms with Gasteiger partial charge in [0, 0.05) is 72.7 Å². The number of carbonyl (C=O) groups is 1. The Kier molecular flexibility index (Phi) is 7.76. The third-order valence-corrected chi connectivity index (χ3v) is 8.56. The van der Waals surface area contributed by atoms with E-state index in [0.29, 0.717) is 25.4 Å². The molecule has 1 saturated heterocycles. The molecule has 0 unspecified atom stereocenters. The second-order valence-corrected chi connectivity index (χ2v) is 10.8. The van der Waals surface area contributed by atoms with Crippen molar-refractivity contribution in [2.24, 2.45) is 0 Å². The molecule has 0 N–H and O–H groups in total. The molecule has 3 aromatic rings. The molecular weight excluding hydrogens is 484 g/mol. The lowest BCUT2D eigenvalue weighted by Crippen LogP contribution is -2.49. The Balaban J connectivity index is 1.10. The zero-order valence-corrected chi connectivity index (χ0v) is 21.9. The molecule has 0 spiro atoms. The zero-order chi connectivity index (χ0) is 25.8. The fourth-order valence-electron chi connectivity index (χ4n) is 5.22. The molecular formula is C29H32N4O3S. The highest BCUT2D eigenvalue weighted by Crippen LogP contribution is 2.46. The van der Waals surface area contributed by atoms with Crippen LogP contribution in [-0.2, 0) is 4.79 Å². The standard InChI is InChI=1S/C29H32N4O3S/c1-30(16-14-24-25-6-2-4-8-27(25)37-28-9-5-3-7-26(24)28)17-15-29(34)32-20-18-31(19-21-32)22-10-12-23(13-11-22)33(35)36/h2-13,24H,14-21H2,1H3. The minimum absolute atomic E-state index is 0.0949. The Morgan fingerprint density at radius 3 is 2.11 bits per heavy atom. The van der Waals surface area contributed by atoms with Gasteiger partial charge in [-0.2, -0.15) is 0 Å². The average molecular weight is 517 g/mol. The molecule has 3 aromatic carbocycles. The normalized spacial score (nSPS) is 15.4. The van der Waals surface area contributed by atoms with Gasteiger partial charge in [-0.25, -0.2) is 0 Å². The SMILES string of the molecule is CN(CCC(=O)N1CCN(c2ccc([N+](=O)[O-])cc2)CC1)CCC1c2ccccc2Sc2ccccc21. The highest BCUT2D eigenvalue weighted by atomic mass is 32.2. The van der Waals surface area contributed by atoms with Crippen LogP contribution in [-0.4, -0.2) is 66.9 Å². The average Bonchev–Trinajstić information content (AvgIpc) is 2.94. The first-order chi connectivity index (χ1) is 18.0. The summed E-state index contributed by atoms with van der Waals surface area (Å²) in [5.74, 6) is 0.569. The zero-order valence-electron chi connectivity index (χ0n) is 21.1. The van der Waals surface area contributed by atoms with Crippen LogP contribution in [0.1, 0.15) is 29.9 Å². The minimum Gasteiger partial charge on any atom is -0.368 e. The van der Waals surface area contributed by atoms with Crippen LogP contribution in [0.3, 0.4) is 0 Å². The minimum atomic E-state index is -0.385. The lowest BCUT2D eigenvalue weighted by atomic mass is 9.88. The number of nitrogens with zero attached hydrogens (tertiary/aromatic N) is 4. The van der Waals surface area contributed by atoms with Crippen LogP contribution in [0.2, 0.25) is 0 Å². The lowest BCUT2D eigenvalue weighted by Gasteiger charge is -2.36. The van der Waals surface area contributed by atoms with Gasteiger partial charge in [0.15, 0.2) is 0 Å². The van der Waals surface area contributed by atoms with Crippen molar-refractivity contribution in [2.75, 3.05) is 51.2 Å². The number of amides is 1. The molecule has 0 atom stereocenters. The number of fused-ring (bicyclic) bond motifs is 2. The van der Waals surface area contributed by atoms with Gasteiger partial charge in [-0.05, 0) is 55.4 Å². The van der Waals surface area contributed by atoms with E-state index in [-0.39, 0.29) is 16.5 Å². The van der Waals surface area contributed by atoms with Gasteiger partial charge in [0.2, 0.25) is 5.91 Å². The van der Waals surface area contributed by atoms with Gasteiger partial charge in [-0.1, -0.05) is 48.2 Å². The van der Waals surface area contributed by atoms with Gasteiger partial charge in [-0.3, -0.25) is 14.9 Å². The van der Waals surface area contributed by atoms with E-state index >= 15 is 0 Å². The van der Waals surface area contributed by atoms with Crippen LogP contribution in [0.4, 0.5) is 11.4 Å². The fraction of sp³-hybridized carbons (Fsp3) is 0.345. The van der Waals surface area contributed by atoms with Crippen LogP contribution in [0.15, 0.2) is 82.6 Å². The number of piperazine rings is 1. The molecule has 2 aliphatic heterocycles. The maximum atomic E-state index is 12.9. The molecule has 0 aliphatic carbocycles. The Morgan fingerprint density at radius 2 is 1.51 bits per heavy atom. The number of hydrogen-bond acceptors (Lipinski definition) is 6. The molecule has 37 heavy (non-hydrogen) atoms. The van der Waals surface area contributed by atoms with E-state index in [0.717, 1.165) is 38.3 Å². The van der Waals surface area contributed by atoms with Gasteiger partial charge in [0.1, 0.15) is 0 Å². The lowest BCUT2D eigenvalue weighted by molar-refractivity contribution is -0.384. The monoisotopic (exact) mass is 516 g/mol. The molecule has 2 heterocycles. The first-order valence-corrected chi connectivity index (χ1v) is 13.6. The van der Waals surface area contributed by atoms with E-state index in [1.165, 1.54) is 33.1 Å². The van der Waals surface area contributed by atoms with E-state index in [4.69, 9.17) is 0 Å². The molecule has 0 bridgehead atoms. The molecule has 7 nitrogen and oxygen atoms in total. The summed E-state index contributed by atoms with van der Waals surface area (Å²) in [5, 5.41) is 10.9. The van der Waals surface area contributed by atoms with Crippen LogP contribution < -0.4 is 4.90 Å². The summed E-state index contributed by atoms with van der Waals surface area (Å²) >= 11 is 1.86. The van der Waals surface area contributed by atoms with Gasteiger partial charge >= 0.3 is 0 Å². The Bertz CT molecular complexity index is 1210. The summed E-state index contributed by atoms with van der Waals surface area (Å²) in [5.41, 5.74) is 3.86. The quantitative estimate of drug-likeness (QED) is 0.301. The molecule has 1 fully saturated rings. The van der Waals surface area contributed by atoms with Crippen molar-refractivity contribution in [1.29, 1.82) is 0 Å². The summed E-state index contributed by atoms with van der Waals surface area (Å²) in [6.07, 6.45) is 1.54. The fourth-order valence-corrected chi connectivity index (χ4v) is 6.41. The summed E-state index contributed by atoms with van der Waals surface area (Å²) in [6.45, 7) is 4.49. The highest BCUT2D eigenvalue weighted by Gasteiger charge is 2.26. The van der Waals surface area contributed by atoms with Gasteiger partial charge < -0.3 is 14.7 Å². The number of anilines is 1. The molecule has 5 rings (SSSR count). The van der Waals surface area contributed by atoms with Gasteiger partial charge in [0.25, 0.3) is 5.69 Å². The molecule has 0 aromatic heterocycles. The Labute approximate surface area is 222 Å². The second kappa shape index (κ2) is 11.4. The molecule has 0 saturated carbocycles. The maximum Gasteiger partial charge on any atom is 0.269 e. The van der Waals surface area contributed by atoms with E-state index in [1.807, 2.05) is 16.7 Å². The largest absolute Gasteiger partial charge is 0.368 e. The number of hydrogen-bond donors (Lipinski definition) is 0. The third-order valence-electron chi connectivity index (χ3n) is 7.37. The summed E-state index contributed by atoms with van der Waals surface area (Å²) in [7, 11) is 2.11. The number of nitro groups is 1. The molecule has 2 aliphatic rings. The van der Waals surface area contributed by atoms with Gasteiger partial charge in [-0.15, -0.1) is 0 Å². The van der Waals surface area contributed by atoms with Crippen LogP contribution in [0.25, 0.3) is 0 Å². The Hall–Kier alpha value is -3.36. The number of carbonyl (C=O) groups excluding carboxylic acids is 1.